The van der Waals surface area contributed by atoms with Gasteiger partial charge in [0.1, 0.15) is 17.4 Å². The smallest absolute Gasteiger partial charge is 0.259 e. The summed E-state index contributed by atoms with van der Waals surface area (Å²) >= 11 is 5.75. The zero-order valence-corrected chi connectivity index (χ0v) is 14.5. The van der Waals surface area contributed by atoms with E-state index in [4.69, 9.17) is 16.3 Å². The number of benzene rings is 2. The molecule has 1 heterocycles. The van der Waals surface area contributed by atoms with Crippen LogP contribution in [0, 0.1) is 5.82 Å². The fourth-order valence-corrected chi connectivity index (χ4v) is 2.47. The van der Waals surface area contributed by atoms with Crippen LogP contribution in [0.15, 0.2) is 60.8 Å². The predicted molar refractivity (Wildman–Crippen MR) is 99.9 cm³/mol. The predicted octanol–water partition coefficient (Wildman–Crippen LogP) is 4.88. The Labute approximate surface area is 154 Å². The van der Waals surface area contributed by atoms with E-state index in [0.717, 1.165) is 0 Å². The van der Waals surface area contributed by atoms with E-state index in [-0.39, 0.29) is 10.9 Å². The number of carbonyl (C=O) groups excluding carboxylic acids is 1. The number of halogens is 2. The second-order valence-corrected chi connectivity index (χ2v) is 5.75. The van der Waals surface area contributed by atoms with E-state index < -0.39 is 5.82 Å². The monoisotopic (exact) mass is 371 g/mol. The van der Waals surface area contributed by atoms with E-state index in [1.807, 2.05) is 0 Å². The summed E-state index contributed by atoms with van der Waals surface area (Å²) in [6, 6.07) is 14.6. The van der Waals surface area contributed by atoms with Gasteiger partial charge in [-0.1, -0.05) is 23.7 Å². The first-order valence-corrected chi connectivity index (χ1v) is 8.07. The third kappa shape index (κ3) is 4.10. The third-order valence-corrected chi connectivity index (χ3v) is 3.85. The molecule has 7 heteroatoms. The Morgan fingerprint density at radius 2 is 1.88 bits per heavy atom. The summed E-state index contributed by atoms with van der Waals surface area (Å²) < 4.78 is 18.4. The number of nitrogens with zero attached hydrogens (tertiary/aromatic N) is 1. The number of methoxy groups -OCH3 is 1. The van der Waals surface area contributed by atoms with Crippen LogP contribution in [0.25, 0.3) is 0 Å². The number of pyridine rings is 1. The van der Waals surface area contributed by atoms with Gasteiger partial charge in [0.05, 0.1) is 29.6 Å². The summed E-state index contributed by atoms with van der Waals surface area (Å²) in [6.07, 6.45) is 1.51. The summed E-state index contributed by atoms with van der Waals surface area (Å²) in [7, 11) is 1.51. The van der Waals surface area contributed by atoms with E-state index >= 15 is 0 Å². The fraction of sp³-hybridized carbons (Fsp3) is 0.0526. The molecular weight excluding hydrogens is 357 g/mol. The van der Waals surface area contributed by atoms with Crippen molar-refractivity contribution in [3.8, 4) is 5.75 Å². The average Bonchev–Trinajstić information content (AvgIpc) is 2.66. The highest BCUT2D eigenvalue weighted by Crippen LogP contribution is 2.23. The van der Waals surface area contributed by atoms with Crippen molar-refractivity contribution in [3.63, 3.8) is 0 Å². The Morgan fingerprint density at radius 3 is 2.58 bits per heavy atom. The Bertz CT molecular complexity index is 932. The topological polar surface area (TPSA) is 63.2 Å². The largest absolute Gasteiger partial charge is 0.496 e. The molecule has 3 aromatic rings. The maximum absolute atomic E-state index is 13.2. The Morgan fingerprint density at radius 1 is 1.12 bits per heavy atom. The van der Waals surface area contributed by atoms with E-state index in [1.165, 1.54) is 25.4 Å². The lowest BCUT2D eigenvalue weighted by Crippen LogP contribution is -2.13. The van der Waals surface area contributed by atoms with Crippen molar-refractivity contribution in [2.24, 2.45) is 0 Å². The van der Waals surface area contributed by atoms with Gasteiger partial charge >= 0.3 is 0 Å². The molecule has 2 aromatic carbocycles. The lowest BCUT2D eigenvalue weighted by Gasteiger charge is -2.10. The van der Waals surface area contributed by atoms with Crippen LogP contribution in [0.3, 0.4) is 0 Å². The number of aromatic nitrogens is 1. The number of hydrogen-bond acceptors (Lipinski definition) is 4. The molecule has 0 aliphatic rings. The molecule has 0 radical (unpaired) electrons. The molecule has 5 nitrogen and oxygen atoms in total. The Kier molecular flexibility index (Phi) is 5.34. The minimum atomic E-state index is -0.487. The van der Waals surface area contributed by atoms with Gasteiger partial charge in [0.2, 0.25) is 0 Å². The molecular formula is C19H15ClFN3O2. The molecule has 0 spiro atoms. The standard InChI is InChI=1S/C19H15ClFN3O2/c1-26-17-5-3-2-4-14(17)19(25)24-13-7-9-18(22-11-13)23-12-6-8-16(21)15(20)10-12/h2-11H,1H3,(H,22,23)(H,24,25). The van der Waals surface area contributed by atoms with E-state index in [0.29, 0.717) is 28.5 Å². The first-order chi connectivity index (χ1) is 12.6. The molecule has 0 aliphatic carbocycles. The highest BCUT2D eigenvalue weighted by atomic mass is 35.5. The van der Waals surface area contributed by atoms with Crippen LogP contribution in [-0.2, 0) is 0 Å². The van der Waals surface area contributed by atoms with Crippen LogP contribution in [0.1, 0.15) is 10.4 Å². The van der Waals surface area contributed by atoms with Crippen LogP contribution in [0.2, 0.25) is 5.02 Å². The van der Waals surface area contributed by atoms with E-state index in [2.05, 4.69) is 15.6 Å². The van der Waals surface area contributed by atoms with Gasteiger partial charge in [0, 0.05) is 5.69 Å². The van der Waals surface area contributed by atoms with E-state index in [9.17, 15) is 9.18 Å². The number of amides is 1. The normalized spacial score (nSPS) is 10.3. The van der Waals surface area contributed by atoms with Crippen LogP contribution in [0.4, 0.5) is 21.6 Å². The van der Waals surface area contributed by atoms with Gasteiger partial charge in [-0.05, 0) is 42.5 Å². The number of hydrogen-bond donors (Lipinski definition) is 2. The van der Waals surface area contributed by atoms with Crippen molar-refractivity contribution < 1.29 is 13.9 Å². The van der Waals surface area contributed by atoms with Gasteiger partial charge < -0.3 is 15.4 Å². The summed E-state index contributed by atoms with van der Waals surface area (Å²) in [4.78, 5) is 16.6. The van der Waals surface area contributed by atoms with Crippen molar-refractivity contribution in [1.29, 1.82) is 0 Å². The number of rotatable bonds is 5. The zero-order valence-electron chi connectivity index (χ0n) is 13.8. The molecule has 3 rings (SSSR count). The van der Waals surface area contributed by atoms with Crippen LogP contribution >= 0.6 is 11.6 Å². The average molecular weight is 372 g/mol. The highest BCUT2D eigenvalue weighted by molar-refractivity contribution is 6.31. The molecule has 0 saturated heterocycles. The summed E-state index contributed by atoms with van der Waals surface area (Å²) in [6.45, 7) is 0. The van der Waals surface area contributed by atoms with Gasteiger partial charge in [-0.2, -0.15) is 0 Å². The van der Waals surface area contributed by atoms with Crippen molar-refractivity contribution in [1.82, 2.24) is 4.98 Å². The van der Waals surface area contributed by atoms with E-state index in [1.54, 1.807) is 42.5 Å². The molecule has 2 N–H and O–H groups in total. The molecule has 1 aromatic heterocycles. The second-order valence-electron chi connectivity index (χ2n) is 5.34. The number of carbonyl (C=O) groups is 1. The number of ether oxygens (including phenoxy) is 1. The lowest BCUT2D eigenvalue weighted by molar-refractivity contribution is 0.102. The lowest BCUT2D eigenvalue weighted by atomic mass is 10.2. The SMILES string of the molecule is COc1ccccc1C(=O)Nc1ccc(Nc2ccc(F)c(Cl)c2)nc1. The highest BCUT2D eigenvalue weighted by Gasteiger charge is 2.11. The first kappa shape index (κ1) is 17.7. The van der Waals surface area contributed by atoms with Gasteiger partial charge in [0.25, 0.3) is 5.91 Å². The van der Waals surface area contributed by atoms with Gasteiger partial charge in [-0.15, -0.1) is 0 Å². The summed E-state index contributed by atoms with van der Waals surface area (Å²) in [5.74, 6) is 0.238. The quantitative estimate of drug-likeness (QED) is 0.671. The van der Waals surface area contributed by atoms with Crippen LogP contribution < -0.4 is 15.4 Å². The molecule has 0 saturated carbocycles. The molecule has 0 fully saturated rings. The number of nitrogens with one attached hydrogen (secondary N) is 2. The molecule has 1 amide bonds. The van der Waals surface area contributed by atoms with Crippen LogP contribution in [0.5, 0.6) is 5.75 Å². The number of para-hydroxylation sites is 1. The number of anilines is 3. The molecule has 0 unspecified atom stereocenters. The van der Waals surface area contributed by atoms with Crippen molar-refractivity contribution in [2.45, 2.75) is 0 Å². The molecule has 0 atom stereocenters. The van der Waals surface area contributed by atoms with Gasteiger partial charge in [-0.25, -0.2) is 9.37 Å². The minimum absolute atomic E-state index is 0.0238. The Balaban J connectivity index is 1.69. The third-order valence-electron chi connectivity index (χ3n) is 3.56. The van der Waals surface area contributed by atoms with Crippen LogP contribution in [-0.4, -0.2) is 18.0 Å². The maximum Gasteiger partial charge on any atom is 0.259 e. The maximum atomic E-state index is 13.2. The zero-order chi connectivity index (χ0) is 18.5. The summed E-state index contributed by atoms with van der Waals surface area (Å²) in [5.41, 5.74) is 1.57. The Hall–Kier alpha value is -3.12. The van der Waals surface area contributed by atoms with Gasteiger partial charge in [0.15, 0.2) is 0 Å². The molecule has 26 heavy (non-hydrogen) atoms. The minimum Gasteiger partial charge on any atom is -0.496 e. The molecule has 132 valence electrons. The van der Waals surface area contributed by atoms with Gasteiger partial charge in [-0.3, -0.25) is 4.79 Å². The van der Waals surface area contributed by atoms with Crippen molar-refractivity contribution in [2.75, 3.05) is 17.7 Å². The molecule has 0 bridgehead atoms. The summed E-state index contributed by atoms with van der Waals surface area (Å²) in [5, 5.41) is 5.79. The first-order valence-electron chi connectivity index (χ1n) is 7.69. The van der Waals surface area contributed by atoms with Crippen molar-refractivity contribution >= 4 is 34.7 Å². The van der Waals surface area contributed by atoms with Crippen molar-refractivity contribution in [3.05, 3.63) is 77.2 Å². The molecule has 0 aliphatic heterocycles. The fourth-order valence-electron chi connectivity index (χ4n) is 2.29. The second kappa shape index (κ2) is 7.84.